The van der Waals surface area contributed by atoms with E-state index in [4.69, 9.17) is 0 Å². The molecule has 1 N–H and O–H groups in total. The van der Waals surface area contributed by atoms with Crippen LogP contribution in [0.3, 0.4) is 0 Å². The molecule has 2 rings (SSSR count). The van der Waals surface area contributed by atoms with Crippen molar-refractivity contribution in [2.45, 2.75) is 0 Å². The van der Waals surface area contributed by atoms with Gasteiger partial charge in [0, 0.05) is 11.6 Å². The highest BCUT2D eigenvalue weighted by molar-refractivity contribution is 5.84. The second-order valence-corrected chi connectivity index (χ2v) is 2.17. The number of aromatic nitrogens is 3. The highest BCUT2D eigenvalue weighted by Gasteiger charge is 1.98. The van der Waals surface area contributed by atoms with Crippen LogP contribution in [0, 0.1) is 0 Å². The molecule has 0 unspecified atom stereocenters. The lowest BCUT2D eigenvalue weighted by molar-refractivity contribution is 0.112. The Morgan fingerprint density at radius 2 is 2.55 bits per heavy atom. The van der Waals surface area contributed by atoms with Crippen LogP contribution in [0.1, 0.15) is 11.9 Å². The van der Waals surface area contributed by atoms with Crippen LogP contribution in [0.25, 0.3) is 11.0 Å². The molecule has 0 bridgehead atoms. The Labute approximate surface area is 63.8 Å². The van der Waals surface area contributed by atoms with Crippen molar-refractivity contribution in [1.82, 2.24) is 15.0 Å². The zero-order chi connectivity index (χ0) is 7.68. The summed E-state index contributed by atoms with van der Waals surface area (Å²) in [5, 5.41) is 0.856. The summed E-state index contributed by atoms with van der Waals surface area (Å²) < 4.78 is 0. The molecule has 0 aliphatic carbocycles. The molecule has 0 aliphatic rings. The zero-order valence-corrected chi connectivity index (χ0v) is 5.61. The van der Waals surface area contributed by atoms with Gasteiger partial charge in [0.25, 0.3) is 0 Å². The van der Waals surface area contributed by atoms with E-state index < -0.39 is 0 Å². The monoisotopic (exact) mass is 148 g/mol. The molecule has 0 spiro atoms. The van der Waals surface area contributed by atoms with Gasteiger partial charge in [0.05, 0.1) is 5.69 Å². The third kappa shape index (κ3) is 0.881. The van der Waals surface area contributed by atoms with Crippen molar-refractivity contribution in [2.75, 3.05) is 0 Å². The molecule has 0 atom stereocenters. The molecule has 0 saturated heterocycles. The number of hydrogen-bond donors (Lipinski definition) is 1. The fraction of sp³-hybridized carbons (Fsp3) is 0. The van der Waals surface area contributed by atoms with Crippen molar-refractivity contribution in [3.8, 4) is 0 Å². The molecule has 4 heteroatoms. The number of rotatable bonds is 1. The molecular weight excluding hydrogens is 142 g/mol. The minimum Gasteiger partial charge on any atom is -0.337 e. The number of carbonyl (C=O) groups excluding carboxylic acids is 1. The summed E-state index contributed by atoms with van der Waals surface area (Å²) in [7, 11) is 0. The Balaban J connectivity index is 0.000000720. The first-order valence-electron chi connectivity index (χ1n) is 3.14. The smallest absolute Gasteiger partial charge is 0.337 e. The summed E-state index contributed by atoms with van der Waals surface area (Å²) in [6.45, 7) is 0. The number of carbonyl (C=O) groups is 1. The van der Waals surface area contributed by atoms with E-state index in [-0.39, 0.29) is 1.43 Å². The quantitative estimate of drug-likeness (QED) is 0.611. The first-order valence-corrected chi connectivity index (χ1v) is 3.14. The molecule has 11 heavy (non-hydrogen) atoms. The highest BCUT2D eigenvalue weighted by atomic mass is 16.1. The van der Waals surface area contributed by atoms with Crippen LogP contribution in [-0.4, -0.2) is 21.2 Å². The van der Waals surface area contributed by atoms with Crippen molar-refractivity contribution >= 4 is 17.3 Å². The third-order valence-electron chi connectivity index (χ3n) is 1.44. The zero-order valence-electron chi connectivity index (χ0n) is 6.61. The molecule has 0 radical (unpaired) electrons. The van der Waals surface area contributed by atoms with Crippen molar-refractivity contribution in [2.24, 2.45) is 0 Å². The van der Waals surface area contributed by atoms with Gasteiger partial charge >= 0.3 is 1.43 Å². The van der Waals surface area contributed by atoms with E-state index in [1.165, 1.54) is 6.33 Å². The molecule has 0 amide bonds. The fourth-order valence-electron chi connectivity index (χ4n) is 0.954. The van der Waals surface area contributed by atoms with Gasteiger partial charge in [-0.15, -0.1) is 0 Å². The Morgan fingerprint density at radius 3 is 3.27 bits per heavy atom. The number of aldehydes is 1. The first kappa shape index (κ1) is 6.03. The van der Waals surface area contributed by atoms with Gasteiger partial charge in [0.2, 0.25) is 0 Å². The maximum absolute atomic E-state index is 10.3. The number of hydrogen-bond acceptors (Lipinski definition) is 3. The van der Waals surface area contributed by atoms with Gasteiger partial charge in [-0.05, 0) is 6.07 Å². The van der Waals surface area contributed by atoms with Crippen molar-refractivity contribution in [1.29, 1.82) is 0 Å². The summed E-state index contributed by atoms with van der Waals surface area (Å²) in [5.74, 6) is 0. The predicted octanol–water partition coefficient (Wildman–Crippen LogP) is 0.883. The average Bonchev–Trinajstić information content (AvgIpc) is 2.46. The Kier molecular flexibility index (Phi) is 1.18. The van der Waals surface area contributed by atoms with Crippen LogP contribution >= 0.6 is 0 Å². The minimum absolute atomic E-state index is 0. The lowest BCUT2D eigenvalue weighted by atomic mass is 10.4. The van der Waals surface area contributed by atoms with E-state index >= 15 is 0 Å². The molecule has 2 aromatic heterocycles. The van der Waals surface area contributed by atoms with Crippen LogP contribution in [0.15, 0.2) is 18.6 Å². The standard InChI is InChI=1S/C7H5N3O/c11-3-6-1-5-2-8-4-9-7(5)10-6/h1-4H,(H,8,9,10)/p+1. The lowest BCUT2D eigenvalue weighted by Crippen LogP contribution is -1.78. The summed E-state index contributed by atoms with van der Waals surface area (Å²) in [4.78, 5) is 20.9. The largest absolute Gasteiger partial charge is 1.00 e. The highest BCUT2D eigenvalue weighted by Crippen LogP contribution is 2.08. The minimum atomic E-state index is 0. The van der Waals surface area contributed by atoms with Gasteiger partial charge in [0.1, 0.15) is 12.0 Å². The Bertz CT molecular complexity index is 365. The van der Waals surface area contributed by atoms with E-state index in [2.05, 4.69) is 15.0 Å². The van der Waals surface area contributed by atoms with Crippen molar-refractivity contribution < 1.29 is 6.22 Å². The normalized spacial score (nSPS) is 10.2. The second-order valence-electron chi connectivity index (χ2n) is 2.17. The van der Waals surface area contributed by atoms with Crippen LogP contribution < -0.4 is 0 Å². The summed E-state index contributed by atoms with van der Waals surface area (Å²) in [6, 6.07) is 1.71. The molecule has 0 fully saturated rings. The van der Waals surface area contributed by atoms with Gasteiger partial charge < -0.3 is 4.98 Å². The number of nitrogens with one attached hydrogen (secondary N) is 1. The van der Waals surface area contributed by atoms with Gasteiger partial charge in [-0.2, -0.15) is 0 Å². The molecule has 2 aromatic rings. The maximum atomic E-state index is 10.3. The molecule has 0 aromatic carbocycles. The Morgan fingerprint density at radius 1 is 1.64 bits per heavy atom. The van der Waals surface area contributed by atoms with E-state index in [1.54, 1.807) is 12.3 Å². The molecular formula is C7H6N3O+. The van der Waals surface area contributed by atoms with Crippen LogP contribution in [0.5, 0.6) is 0 Å². The van der Waals surface area contributed by atoms with Crippen LogP contribution in [-0.2, 0) is 0 Å². The summed E-state index contributed by atoms with van der Waals surface area (Å²) >= 11 is 0. The van der Waals surface area contributed by atoms with E-state index in [9.17, 15) is 4.79 Å². The van der Waals surface area contributed by atoms with Gasteiger partial charge in [-0.25, -0.2) is 9.97 Å². The summed E-state index contributed by atoms with van der Waals surface area (Å²) in [5.41, 5.74) is 1.22. The third-order valence-corrected chi connectivity index (χ3v) is 1.44. The second kappa shape index (κ2) is 2.16. The number of H-pyrrole nitrogens is 1. The number of nitrogens with zero attached hydrogens (tertiary/aromatic N) is 2. The van der Waals surface area contributed by atoms with E-state index in [0.717, 1.165) is 11.7 Å². The SMILES string of the molecule is O=Cc1cc2cncnc2[nH]1.[H+]. The molecule has 4 nitrogen and oxygen atoms in total. The Hall–Kier alpha value is -1.71. The first-order chi connectivity index (χ1) is 5.40. The van der Waals surface area contributed by atoms with Crippen LogP contribution in [0.2, 0.25) is 0 Å². The van der Waals surface area contributed by atoms with Gasteiger partial charge in [-0.1, -0.05) is 0 Å². The van der Waals surface area contributed by atoms with E-state index in [1.807, 2.05) is 0 Å². The summed E-state index contributed by atoms with van der Waals surface area (Å²) in [6.07, 6.45) is 3.85. The predicted molar refractivity (Wildman–Crippen MR) is 40.4 cm³/mol. The van der Waals surface area contributed by atoms with Gasteiger partial charge in [-0.3, -0.25) is 4.79 Å². The topological polar surface area (TPSA) is 58.6 Å². The van der Waals surface area contributed by atoms with Gasteiger partial charge in [0.15, 0.2) is 6.29 Å². The average molecular weight is 148 g/mol. The van der Waals surface area contributed by atoms with E-state index in [0.29, 0.717) is 11.3 Å². The van der Waals surface area contributed by atoms with Crippen molar-refractivity contribution in [3.63, 3.8) is 0 Å². The molecule has 54 valence electrons. The molecule has 0 saturated carbocycles. The lowest BCUT2D eigenvalue weighted by Gasteiger charge is -1.82. The number of aromatic amines is 1. The maximum Gasteiger partial charge on any atom is 1.00 e. The molecule has 2 heterocycles. The molecule has 0 aliphatic heterocycles. The van der Waals surface area contributed by atoms with Crippen molar-refractivity contribution in [3.05, 3.63) is 24.3 Å². The fourth-order valence-corrected chi connectivity index (χ4v) is 0.954. The van der Waals surface area contributed by atoms with Crippen LogP contribution in [0.4, 0.5) is 0 Å². The number of fused-ring (bicyclic) bond motifs is 1.